The molecular weight excluding hydrogens is 268 g/mol. The van der Waals surface area contributed by atoms with Crippen molar-refractivity contribution >= 4 is 0 Å². The molecule has 0 rings (SSSR count). The van der Waals surface area contributed by atoms with Crippen LogP contribution in [0.5, 0.6) is 0 Å². The summed E-state index contributed by atoms with van der Waals surface area (Å²) in [5, 5.41) is 0. The van der Waals surface area contributed by atoms with Crippen LogP contribution >= 0.6 is 0 Å². The van der Waals surface area contributed by atoms with E-state index in [0.717, 1.165) is 0 Å². The van der Waals surface area contributed by atoms with Crippen molar-refractivity contribution in [2.24, 2.45) is 5.41 Å². The van der Waals surface area contributed by atoms with E-state index in [-0.39, 0.29) is 26.5 Å². The quantitative estimate of drug-likeness (QED) is 0.600. The molecule has 0 saturated heterocycles. The minimum atomic E-state index is 0. The van der Waals surface area contributed by atoms with Crippen LogP contribution in [0.4, 0.5) is 0 Å². The second kappa shape index (κ2) is 7.69. The molecule has 0 aromatic heterocycles. The van der Waals surface area contributed by atoms with Gasteiger partial charge in [-0.25, -0.2) is 0 Å². The molecule has 0 nitrogen and oxygen atoms in total. The summed E-state index contributed by atoms with van der Waals surface area (Å²) in [5.74, 6) is 0. The van der Waals surface area contributed by atoms with Crippen LogP contribution in [-0.2, 0) is 21.1 Å². The zero-order valence-corrected chi connectivity index (χ0v) is 9.26. The normalized spacial score (nSPS) is 8.25. The second-order valence-electron chi connectivity index (χ2n) is 2.56. The van der Waals surface area contributed by atoms with Crippen molar-refractivity contribution in [3.8, 4) is 0 Å². The van der Waals surface area contributed by atoms with Gasteiger partial charge in [0.2, 0.25) is 0 Å². The van der Waals surface area contributed by atoms with E-state index < -0.39 is 0 Å². The van der Waals surface area contributed by atoms with Gasteiger partial charge < -0.3 is 13.8 Å². The van der Waals surface area contributed by atoms with E-state index in [1.165, 1.54) is 0 Å². The van der Waals surface area contributed by atoms with E-state index in [2.05, 4.69) is 34.6 Å². The van der Waals surface area contributed by atoms with E-state index in [1.54, 1.807) is 6.92 Å². The van der Waals surface area contributed by atoms with Crippen LogP contribution < -0.4 is 0 Å². The summed E-state index contributed by atoms with van der Waals surface area (Å²) >= 11 is 0. The van der Waals surface area contributed by atoms with E-state index in [0.29, 0.717) is 0 Å². The first-order valence-corrected chi connectivity index (χ1v) is 2.56. The molecular formula is C7H16W. The molecule has 0 N–H and O–H groups in total. The van der Waals surface area contributed by atoms with Gasteiger partial charge in [-0.1, -0.05) is 20.8 Å². The van der Waals surface area contributed by atoms with Crippen LogP contribution in [-0.4, -0.2) is 0 Å². The van der Waals surface area contributed by atoms with Crippen molar-refractivity contribution < 1.29 is 21.1 Å². The Balaban J connectivity index is -0.0000000750. The van der Waals surface area contributed by atoms with Gasteiger partial charge in [0.15, 0.2) is 0 Å². The van der Waals surface area contributed by atoms with Gasteiger partial charge in [-0.3, -0.25) is 0 Å². The first kappa shape index (κ1) is 15.9. The third-order valence-electron chi connectivity index (χ3n) is 0. The van der Waals surface area contributed by atoms with E-state index >= 15 is 0 Å². The molecule has 0 aliphatic carbocycles. The summed E-state index contributed by atoms with van der Waals surface area (Å²) in [5.41, 5.74) is 0.250. The van der Waals surface area contributed by atoms with Gasteiger partial charge >= 0.3 is 21.1 Å². The van der Waals surface area contributed by atoms with Crippen LogP contribution in [0.3, 0.4) is 0 Å². The fourth-order valence-electron chi connectivity index (χ4n) is 0. The predicted molar refractivity (Wildman–Crippen MR) is 35.8 cm³/mol. The van der Waals surface area contributed by atoms with Crippen LogP contribution in [0.25, 0.3) is 0 Å². The maximum Gasteiger partial charge on any atom is 2.00 e. The SMILES string of the molecule is [CH2-]C.[CH2-]C(C)(C)C.[W+2]. The van der Waals surface area contributed by atoms with Crippen LogP contribution in [0.1, 0.15) is 27.7 Å². The Morgan fingerprint density at radius 1 is 1.00 bits per heavy atom. The molecule has 0 aliphatic rings. The minimum absolute atomic E-state index is 0. The minimum Gasteiger partial charge on any atom is -0.346 e. The standard InChI is InChI=1S/C5H11.C2H5.W/c1-5(2,3)4;1-2;/h1H2,2-4H3;1H2,2H3;/q2*-1;+2. The first-order valence-electron chi connectivity index (χ1n) is 2.56. The van der Waals surface area contributed by atoms with Crippen molar-refractivity contribution in [3.05, 3.63) is 13.8 Å². The number of hydrogen-bond acceptors (Lipinski definition) is 0. The average Bonchev–Trinajstić information content (AvgIpc) is 1.36. The summed E-state index contributed by atoms with van der Waals surface area (Å²) in [6.45, 7) is 15.0. The summed E-state index contributed by atoms with van der Waals surface area (Å²) in [6, 6.07) is 0. The summed E-state index contributed by atoms with van der Waals surface area (Å²) < 4.78 is 0. The Bertz CT molecular complexity index is 19.9. The zero-order chi connectivity index (χ0) is 6.50. The van der Waals surface area contributed by atoms with Crippen molar-refractivity contribution in [1.82, 2.24) is 0 Å². The Morgan fingerprint density at radius 2 is 1.00 bits per heavy atom. The molecule has 50 valence electrons. The molecule has 0 amide bonds. The Hall–Kier alpha value is 0.688. The molecule has 0 heterocycles. The largest absolute Gasteiger partial charge is 2.00 e. The molecule has 0 aliphatic heterocycles. The molecule has 0 saturated carbocycles. The van der Waals surface area contributed by atoms with Crippen LogP contribution in [0, 0.1) is 19.3 Å². The molecule has 0 spiro atoms. The topological polar surface area (TPSA) is 0 Å². The van der Waals surface area contributed by atoms with Crippen molar-refractivity contribution in [1.29, 1.82) is 0 Å². The molecule has 0 fully saturated rings. The Morgan fingerprint density at radius 3 is 1.00 bits per heavy atom. The fraction of sp³-hybridized carbons (Fsp3) is 0.714. The fourth-order valence-corrected chi connectivity index (χ4v) is 0. The van der Waals surface area contributed by atoms with Crippen LogP contribution in [0.15, 0.2) is 0 Å². The number of hydrogen-bond donors (Lipinski definition) is 0. The maximum absolute atomic E-state index is 3.77. The van der Waals surface area contributed by atoms with Gasteiger partial charge in [-0.05, 0) is 0 Å². The van der Waals surface area contributed by atoms with Gasteiger partial charge in [0.25, 0.3) is 0 Å². The first-order chi connectivity index (χ1) is 3.00. The summed E-state index contributed by atoms with van der Waals surface area (Å²) in [7, 11) is 0. The molecule has 0 bridgehead atoms. The summed E-state index contributed by atoms with van der Waals surface area (Å²) in [6.07, 6.45) is 0. The molecule has 0 aromatic carbocycles. The number of rotatable bonds is 0. The van der Waals surface area contributed by atoms with Gasteiger partial charge in [-0.15, -0.1) is 0 Å². The van der Waals surface area contributed by atoms with E-state index in [1.807, 2.05) is 0 Å². The monoisotopic (exact) mass is 284 g/mol. The van der Waals surface area contributed by atoms with Crippen molar-refractivity contribution in [2.45, 2.75) is 27.7 Å². The third kappa shape index (κ3) is 457. The van der Waals surface area contributed by atoms with Gasteiger partial charge in [-0.2, -0.15) is 12.3 Å². The molecule has 0 radical (unpaired) electrons. The second-order valence-corrected chi connectivity index (χ2v) is 2.56. The predicted octanol–water partition coefficient (Wildman–Crippen LogP) is 2.70. The Labute approximate surface area is 68.3 Å². The molecule has 1 heteroatoms. The Kier molecular flexibility index (Phi) is 15.3. The average molecular weight is 284 g/mol. The molecule has 0 unspecified atom stereocenters. The maximum atomic E-state index is 3.77. The van der Waals surface area contributed by atoms with Gasteiger partial charge in [0.05, 0.1) is 0 Å². The van der Waals surface area contributed by atoms with Gasteiger partial charge in [0.1, 0.15) is 0 Å². The van der Waals surface area contributed by atoms with E-state index in [9.17, 15) is 0 Å². The molecule has 0 atom stereocenters. The zero-order valence-electron chi connectivity index (χ0n) is 6.32. The van der Waals surface area contributed by atoms with E-state index in [4.69, 9.17) is 0 Å². The van der Waals surface area contributed by atoms with Gasteiger partial charge in [0, 0.05) is 0 Å². The van der Waals surface area contributed by atoms with Crippen molar-refractivity contribution in [3.63, 3.8) is 0 Å². The van der Waals surface area contributed by atoms with Crippen molar-refractivity contribution in [2.75, 3.05) is 0 Å². The molecule has 8 heavy (non-hydrogen) atoms. The smallest absolute Gasteiger partial charge is 0.346 e. The molecule has 0 aromatic rings. The van der Waals surface area contributed by atoms with Crippen LogP contribution in [0.2, 0.25) is 0 Å². The third-order valence-corrected chi connectivity index (χ3v) is 0. The summed E-state index contributed by atoms with van der Waals surface area (Å²) in [4.78, 5) is 0.